The number of aliphatic hydroxyl groups is 3. The highest BCUT2D eigenvalue weighted by atomic mass is 16.4. The first-order chi connectivity index (χ1) is 12.6. The fraction of sp³-hybridized carbons (Fsp3) is 0.810. The molecule has 0 saturated carbocycles. The molecule has 6 nitrogen and oxygen atoms in total. The van der Waals surface area contributed by atoms with E-state index < -0.39 is 30.1 Å². The van der Waals surface area contributed by atoms with Crippen LogP contribution in [-0.2, 0) is 9.59 Å². The second-order valence-electron chi connectivity index (χ2n) is 8.10. The highest BCUT2D eigenvalue weighted by Gasteiger charge is 2.33. The molecule has 0 radical (unpaired) electrons. The van der Waals surface area contributed by atoms with Gasteiger partial charge in [0.15, 0.2) is 11.9 Å². The van der Waals surface area contributed by atoms with Crippen molar-refractivity contribution in [3.05, 3.63) is 11.6 Å². The molecule has 0 heterocycles. The monoisotopic (exact) mass is 386 g/mol. The Labute approximate surface area is 163 Å². The molecule has 0 rings (SSSR count). The van der Waals surface area contributed by atoms with Gasteiger partial charge in [-0.3, -0.25) is 4.79 Å². The number of carboxylic acids is 1. The lowest BCUT2D eigenvalue weighted by Gasteiger charge is -2.18. The van der Waals surface area contributed by atoms with E-state index in [0.717, 1.165) is 24.7 Å². The summed E-state index contributed by atoms with van der Waals surface area (Å²) in [7, 11) is 0. The summed E-state index contributed by atoms with van der Waals surface area (Å²) in [5, 5.41) is 36.9. The normalized spacial score (nSPS) is 16.8. The molecule has 0 aliphatic rings. The maximum atomic E-state index is 11.8. The molecule has 4 N–H and O–H groups in total. The molecule has 0 saturated heterocycles. The Bertz CT molecular complexity index is 471. The number of rotatable bonds is 15. The Kier molecular flexibility index (Phi) is 13.2. The summed E-state index contributed by atoms with van der Waals surface area (Å²) in [6.07, 6.45) is 3.33. The Morgan fingerprint density at radius 1 is 0.889 bits per heavy atom. The number of ketones is 1. The summed E-state index contributed by atoms with van der Waals surface area (Å²) >= 11 is 0. The van der Waals surface area contributed by atoms with Crippen LogP contribution in [0.15, 0.2) is 11.6 Å². The molecule has 0 fully saturated rings. The van der Waals surface area contributed by atoms with Gasteiger partial charge in [0.1, 0.15) is 12.2 Å². The summed E-state index contributed by atoms with van der Waals surface area (Å²) in [5.41, 5.74) is 1.18. The van der Waals surface area contributed by atoms with Crippen molar-refractivity contribution in [2.45, 2.75) is 97.4 Å². The van der Waals surface area contributed by atoms with E-state index in [0.29, 0.717) is 6.42 Å². The van der Waals surface area contributed by atoms with Crippen molar-refractivity contribution in [1.29, 1.82) is 0 Å². The Balaban J connectivity index is 4.07. The van der Waals surface area contributed by atoms with Gasteiger partial charge in [0.2, 0.25) is 0 Å². The van der Waals surface area contributed by atoms with Crippen LogP contribution in [0.25, 0.3) is 0 Å². The average molecular weight is 387 g/mol. The minimum atomic E-state index is -2.18. The Morgan fingerprint density at radius 3 is 2.04 bits per heavy atom. The minimum absolute atomic E-state index is 0.00644. The fourth-order valence-electron chi connectivity index (χ4n) is 2.97. The van der Waals surface area contributed by atoms with E-state index >= 15 is 0 Å². The summed E-state index contributed by atoms with van der Waals surface area (Å²) in [5.74, 6) is -0.873. The lowest BCUT2D eigenvalue weighted by Crippen LogP contribution is -2.45. The lowest BCUT2D eigenvalue weighted by atomic mass is 9.94. The highest BCUT2D eigenvalue weighted by molar-refractivity contribution is 5.85. The summed E-state index contributed by atoms with van der Waals surface area (Å²) in [6, 6.07) is 0. The zero-order valence-electron chi connectivity index (χ0n) is 17.2. The van der Waals surface area contributed by atoms with Crippen molar-refractivity contribution in [2.24, 2.45) is 11.8 Å². The van der Waals surface area contributed by atoms with E-state index in [1.54, 1.807) is 0 Å². The van der Waals surface area contributed by atoms with Gasteiger partial charge in [0, 0.05) is 6.42 Å². The van der Waals surface area contributed by atoms with Gasteiger partial charge in [0.05, 0.1) is 0 Å². The van der Waals surface area contributed by atoms with Crippen LogP contribution in [-0.4, -0.2) is 50.5 Å². The van der Waals surface area contributed by atoms with Crippen molar-refractivity contribution in [1.82, 2.24) is 0 Å². The molecule has 0 amide bonds. The first-order valence-corrected chi connectivity index (χ1v) is 10.0. The zero-order valence-corrected chi connectivity index (χ0v) is 17.2. The number of aliphatic hydroxyl groups excluding tert-OH is 3. The Morgan fingerprint density at radius 2 is 1.48 bits per heavy atom. The van der Waals surface area contributed by atoms with Crippen LogP contribution in [0.1, 0.15) is 79.1 Å². The second kappa shape index (κ2) is 13.9. The number of allylic oxidation sites excluding steroid dienone is 2. The molecule has 0 aromatic heterocycles. The minimum Gasteiger partial charge on any atom is -0.479 e. The largest absolute Gasteiger partial charge is 0.479 e. The average Bonchev–Trinajstić information content (AvgIpc) is 2.59. The predicted molar refractivity (Wildman–Crippen MR) is 105 cm³/mol. The molecule has 27 heavy (non-hydrogen) atoms. The topological polar surface area (TPSA) is 115 Å². The van der Waals surface area contributed by atoms with E-state index in [1.165, 1.54) is 31.3 Å². The number of carbonyl (C=O) groups excluding carboxylic acids is 1. The predicted octanol–water partition coefficient (Wildman–Crippen LogP) is 3.08. The van der Waals surface area contributed by atoms with Gasteiger partial charge in [-0.15, -0.1) is 0 Å². The fourth-order valence-corrected chi connectivity index (χ4v) is 2.97. The lowest BCUT2D eigenvalue weighted by molar-refractivity contribution is -0.160. The number of hydrogen-bond acceptors (Lipinski definition) is 5. The van der Waals surface area contributed by atoms with Crippen LogP contribution >= 0.6 is 0 Å². The van der Waals surface area contributed by atoms with Crippen molar-refractivity contribution in [3.63, 3.8) is 0 Å². The van der Waals surface area contributed by atoms with Crippen LogP contribution in [0.2, 0.25) is 0 Å². The molecule has 0 spiro atoms. The van der Waals surface area contributed by atoms with E-state index in [4.69, 9.17) is 5.11 Å². The molecule has 158 valence electrons. The quantitative estimate of drug-likeness (QED) is 0.322. The van der Waals surface area contributed by atoms with Gasteiger partial charge >= 0.3 is 5.97 Å². The third-order valence-corrected chi connectivity index (χ3v) is 4.86. The summed E-state index contributed by atoms with van der Waals surface area (Å²) < 4.78 is 0. The summed E-state index contributed by atoms with van der Waals surface area (Å²) in [6.45, 7) is 8.79. The number of Topliss-reactive ketones (excluding diaryl/α,β-unsaturated/α-hetero) is 1. The molecule has 0 aliphatic carbocycles. The number of carboxylic acid groups (broad SMARTS) is 1. The zero-order chi connectivity index (χ0) is 21.0. The first-order valence-electron chi connectivity index (χ1n) is 10.0. The number of hydrogen-bond donors (Lipinski definition) is 4. The SMILES string of the molecule is CC(=CCCC(=O)C(O)[C@H](O)[C@H](O)C(=O)O)CCCC(C)CCCC(C)C. The van der Waals surface area contributed by atoms with E-state index in [9.17, 15) is 24.9 Å². The first kappa shape index (κ1) is 25.8. The molecular weight excluding hydrogens is 348 g/mol. The smallest absolute Gasteiger partial charge is 0.335 e. The third kappa shape index (κ3) is 12.0. The van der Waals surface area contributed by atoms with Crippen molar-refractivity contribution >= 4 is 11.8 Å². The third-order valence-electron chi connectivity index (χ3n) is 4.86. The second-order valence-corrected chi connectivity index (χ2v) is 8.10. The van der Waals surface area contributed by atoms with Gasteiger partial charge in [-0.05, 0) is 38.0 Å². The van der Waals surface area contributed by atoms with Crippen LogP contribution in [0.3, 0.4) is 0 Å². The molecule has 2 unspecified atom stereocenters. The molecule has 0 aliphatic heterocycles. The molecule has 0 aromatic carbocycles. The van der Waals surface area contributed by atoms with Gasteiger partial charge in [0.25, 0.3) is 0 Å². The van der Waals surface area contributed by atoms with E-state index in [2.05, 4.69) is 20.8 Å². The van der Waals surface area contributed by atoms with Crippen LogP contribution in [0.5, 0.6) is 0 Å². The molecule has 6 heteroatoms. The van der Waals surface area contributed by atoms with E-state index in [-0.39, 0.29) is 6.42 Å². The Hall–Kier alpha value is -1.24. The number of aliphatic carboxylic acids is 1. The highest BCUT2D eigenvalue weighted by Crippen LogP contribution is 2.19. The van der Waals surface area contributed by atoms with Gasteiger partial charge in [-0.2, -0.15) is 0 Å². The number of carbonyl (C=O) groups is 2. The van der Waals surface area contributed by atoms with Crippen LogP contribution < -0.4 is 0 Å². The molecule has 0 bridgehead atoms. The van der Waals surface area contributed by atoms with E-state index in [1.807, 2.05) is 13.0 Å². The molecule has 4 atom stereocenters. The molecule has 0 aromatic rings. The standard InChI is InChI=1S/C21H38O6/c1-14(2)8-5-9-15(3)10-6-11-16(4)12-7-13-17(22)18(23)19(24)20(25)21(26)27/h12,14-15,18-20,23-25H,5-11,13H2,1-4H3,(H,26,27)/t15?,18?,19-,20-/m0/s1. The van der Waals surface area contributed by atoms with Gasteiger partial charge in [-0.1, -0.05) is 58.1 Å². The maximum absolute atomic E-state index is 11.8. The van der Waals surface area contributed by atoms with Gasteiger partial charge in [-0.25, -0.2) is 4.79 Å². The van der Waals surface area contributed by atoms with Gasteiger partial charge < -0.3 is 20.4 Å². The maximum Gasteiger partial charge on any atom is 0.335 e. The van der Waals surface area contributed by atoms with Crippen molar-refractivity contribution < 1.29 is 30.0 Å². The van der Waals surface area contributed by atoms with Crippen LogP contribution in [0, 0.1) is 11.8 Å². The summed E-state index contributed by atoms with van der Waals surface area (Å²) in [4.78, 5) is 22.4. The molecular formula is C21H38O6. The van der Waals surface area contributed by atoms with Crippen molar-refractivity contribution in [3.8, 4) is 0 Å². The van der Waals surface area contributed by atoms with Crippen LogP contribution in [0.4, 0.5) is 0 Å². The van der Waals surface area contributed by atoms with Crippen molar-refractivity contribution in [2.75, 3.05) is 0 Å².